The number of likely N-dealkylation sites (tertiary alicyclic amines) is 1. The quantitative estimate of drug-likeness (QED) is 0.746. The third kappa shape index (κ3) is 4.17. The summed E-state index contributed by atoms with van der Waals surface area (Å²) < 4.78 is 0. The van der Waals surface area contributed by atoms with Crippen LogP contribution in [0.1, 0.15) is 30.5 Å². The highest BCUT2D eigenvalue weighted by Gasteiger charge is 2.39. The maximum atomic E-state index is 13.1. The Labute approximate surface area is 183 Å². The van der Waals surface area contributed by atoms with E-state index in [9.17, 15) is 9.59 Å². The average Bonchev–Trinajstić information content (AvgIpc) is 3.16. The molecular weight excluding hydrogens is 398 g/mol. The Morgan fingerprint density at radius 2 is 1.77 bits per heavy atom. The number of carbonyl (C=O) groups excluding carboxylic acids is 2. The van der Waals surface area contributed by atoms with E-state index in [4.69, 9.17) is 11.6 Å². The Balaban J connectivity index is 1.37. The summed E-state index contributed by atoms with van der Waals surface area (Å²) in [6, 6.07) is 15.9. The number of benzene rings is 2. The molecule has 2 aliphatic rings. The summed E-state index contributed by atoms with van der Waals surface area (Å²) in [7, 11) is 0. The van der Waals surface area contributed by atoms with Crippen molar-refractivity contribution in [1.82, 2.24) is 9.80 Å². The van der Waals surface area contributed by atoms with Crippen LogP contribution in [0.2, 0.25) is 5.02 Å². The lowest BCUT2D eigenvalue weighted by Crippen LogP contribution is -2.50. The third-order valence-corrected chi connectivity index (χ3v) is 6.60. The van der Waals surface area contributed by atoms with Crippen LogP contribution in [0.25, 0.3) is 0 Å². The van der Waals surface area contributed by atoms with Crippen LogP contribution in [-0.2, 0) is 9.59 Å². The van der Waals surface area contributed by atoms with E-state index in [1.54, 1.807) is 0 Å². The van der Waals surface area contributed by atoms with Gasteiger partial charge in [-0.05, 0) is 37.1 Å². The fourth-order valence-corrected chi connectivity index (χ4v) is 4.70. The summed E-state index contributed by atoms with van der Waals surface area (Å²) >= 11 is 6.17. The summed E-state index contributed by atoms with van der Waals surface area (Å²) in [5.41, 5.74) is 3.42. The topological polar surface area (TPSA) is 43.9 Å². The van der Waals surface area contributed by atoms with Crippen LogP contribution in [0.4, 0.5) is 5.69 Å². The molecule has 2 aromatic carbocycles. The lowest BCUT2D eigenvalue weighted by molar-refractivity contribution is -0.136. The van der Waals surface area contributed by atoms with Gasteiger partial charge in [0.1, 0.15) is 0 Å². The minimum atomic E-state index is -0.247. The zero-order valence-electron chi connectivity index (χ0n) is 17.6. The van der Waals surface area contributed by atoms with Crippen LogP contribution < -0.4 is 4.90 Å². The Kier molecular flexibility index (Phi) is 6.00. The van der Waals surface area contributed by atoms with E-state index in [1.165, 1.54) is 5.56 Å². The van der Waals surface area contributed by atoms with Gasteiger partial charge < -0.3 is 14.7 Å². The van der Waals surface area contributed by atoms with E-state index in [1.807, 2.05) is 65.3 Å². The van der Waals surface area contributed by atoms with Crippen molar-refractivity contribution in [2.24, 2.45) is 5.92 Å². The minimum Gasteiger partial charge on any atom is -0.368 e. The monoisotopic (exact) mass is 425 g/mol. The number of anilines is 1. The van der Waals surface area contributed by atoms with E-state index in [-0.39, 0.29) is 23.8 Å². The Hall–Kier alpha value is -2.53. The molecule has 4 rings (SSSR count). The van der Waals surface area contributed by atoms with Gasteiger partial charge in [-0.15, -0.1) is 0 Å². The second-order valence-electron chi connectivity index (χ2n) is 8.28. The Bertz CT molecular complexity index is 925. The number of hydrogen-bond donors (Lipinski definition) is 0. The normalized spacial score (nSPS) is 20.6. The van der Waals surface area contributed by atoms with Crippen LogP contribution in [0.15, 0.2) is 48.5 Å². The molecule has 0 spiro atoms. The van der Waals surface area contributed by atoms with E-state index in [2.05, 4.69) is 11.8 Å². The van der Waals surface area contributed by atoms with Gasteiger partial charge >= 0.3 is 0 Å². The molecule has 0 N–H and O–H groups in total. The van der Waals surface area contributed by atoms with E-state index in [0.29, 0.717) is 26.1 Å². The highest BCUT2D eigenvalue weighted by molar-refractivity contribution is 6.30. The summed E-state index contributed by atoms with van der Waals surface area (Å²) in [5, 5.41) is 0.728. The molecule has 2 fully saturated rings. The van der Waals surface area contributed by atoms with E-state index >= 15 is 0 Å². The number of hydrogen-bond acceptors (Lipinski definition) is 3. The minimum absolute atomic E-state index is 0.0147. The van der Waals surface area contributed by atoms with E-state index in [0.717, 1.165) is 29.4 Å². The lowest BCUT2D eigenvalue weighted by atomic mass is 10.1. The fourth-order valence-electron chi connectivity index (χ4n) is 4.53. The molecule has 2 amide bonds. The van der Waals surface area contributed by atoms with Crippen LogP contribution in [-0.4, -0.2) is 54.3 Å². The Morgan fingerprint density at radius 1 is 1.07 bits per heavy atom. The van der Waals surface area contributed by atoms with Gasteiger partial charge in [0.2, 0.25) is 11.8 Å². The van der Waals surface area contributed by atoms with Crippen molar-refractivity contribution in [3.05, 3.63) is 64.7 Å². The van der Waals surface area contributed by atoms with Gasteiger partial charge in [-0.3, -0.25) is 9.59 Å². The van der Waals surface area contributed by atoms with Gasteiger partial charge in [-0.1, -0.05) is 48.0 Å². The highest BCUT2D eigenvalue weighted by Crippen LogP contribution is 2.30. The highest BCUT2D eigenvalue weighted by atomic mass is 35.5. The number of rotatable bonds is 4. The zero-order valence-corrected chi connectivity index (χ0v) is 18.3. The van der Waals surface area contributed by atoms with Crippen molar-refractivity contribution in [1.29, 1.82) is 0 Å². The first-order chi connectivity index (χ1) is 14.4. The number of piperazine rings is 1. The second kappa shape index (κ2) is 8.68. The first-order valence-corrected chi connectivity index (χ1v) is 11.0. The van der Waals surface area contributed by atoms with Crippen molar-refractivity contribution >= 4 is 29.1 Å². The van der Waals surface area contributed by atoms with Crippen LogP contribution >= 0.6 is 11.6 Å². The molecule has 2 aliphatic heterocycles. The molecule has 6 heteroatoms. The molecule has 30 heavy (non-hydrogen) atoms. The lowest BCUT2D eigenvalue weighted by Gasteiger charge is -2.38. The number of aryl methyl sites for hydroxylation is 1. The van der Waals surface area contributed by atoms with Gasteiger partial charge in [0, 0.05) is 49.9 Å². The van der Waals surface area contributed by atoms with Gasteiger partial charge in [0.15, 0.2) is 0 Å². The predicted octanol–water partition coefficient (Wildman–Crippen LogP) is 3.91. The first-order valence-electron chi connectivity index (χ1n) is 10.6. The molecule has 158 valence electrons. The van der Waals surface area contributed by atoms with Crippen molar-refractivity contribution < 1.29 is 9.59 Å². The smallest absolute Gasteiger partial charge is 0.228 e. The predicted molar refractivity (Wildman–Crippen MR) is 120 cm³/mol. The molecule has 0 aliphatic carbocycles. The van der Waals surface area contributed by atoms with Gasteiger partial charge in [-0.25, -0.2) is 0 Å². The Morgan fingerprint density at radius 3 is 2.47 bits per heavy atom. The average molecular weight is 426 g/mol. The molecule has 2 atom stereocenters. The molecule has 2 heterocycles. The molecule has 0 aromatic heterocycles. The van der Waals surface area contributed by atoms with Gasteiger partial charge in [0.05, 0.1) is 12.0 Å². The molecular formula is C24H28ClN3O2. The summed E-state index contributed by atoms with van der Waals surface area (Å²) in [4.78, 5) is 31.8. The summed E-state index contributed by atoms with van der Waals surface area (Å²) in [5.74, 6) is -0.0745. The molecule has 0 radical (unpaired) electrons. The largest absolute Gasteiger partial charge is 0.368 e. The summed E-state index contributed by atoms with van der Waals surface area (Å²) in [6.45, 7) is 7.51. The standard InChI is InChI=1S/C24H28ClN3O2/c1-17-8-9-21(25)15-22(17)26-10-12-27(13-11-26)24(30)20-14-23(29)28(16-20)18(2)19-6-4-3-5-7-19/h3-9,15,18,20H,10-14,16H2,1-2H3/t18-,20-/m0/s1. The molecule has 2 aromatic rings. The van der Waals surface area contributed by atoms with Crippen molar-refractivity contribution in [3.8, 4) is 0 Å². The molecule has 0 unspecified atom stereocenters. The maximum absolute atomic E-state index is 13.1. The molecule has 0 bridgehead atoms. The molecule has 5 nitrogen and oxygen atoms in total. The van der Waals surface area contributed by atoms with E-state index < -0.39 is 0 Å². The number of nitrogens with zero attached hydrogens (tertiary/aromatic N) is 3. The number of carbonyl (C=O) groups is 2. The maximum Gasteiger partial charge on any atom is 0.228 e. The molecule has 2 saturated heterocycles. The van der Waals surface area contributed by atoms with Gasteiger partial charge in [-0.2, -0.15) is 0 Å². The van der Waals surface area contributed by atoms with Crippen LogP contribution in [0, 0.1) is 12.8 Å². The van der Waals surface area contributed by atoms with Crippen LogP contribution in [0.5, 0.6) is 0 Å². The SMILES string of the molecule is Cc1ccc(Cl)cc1N1CCN(C(=O)[C@H]2CC(=O)N([C@@H](C)c3ccccc3)C2)CC1. The van der Waals surface area contributed by atoms with Crippen molar-refractivity contribution in [2.75, 3.05) is 37.6 Å². The number of halogens is 1. The summed E-state index contributed by atoms with van der Waals surface area (Å²) in [6.07, 6.45) is 0.309. The number of amides is 2. The van der Waals surface area contributed by atoms with Crippen molar-refractivity contribution in [3.63, 3.8) is 0 Å². The van der Waals surface area contributed by atoms with Crippen LogP contribution in [0.3, 0.4) is 0 Å². The molecule has 0 saturated carbocycles. The first kappa shape index (κ1) is 20.7. The zero-order chi connectivity index (χ0) is 21.3. The van der Waals surface area contributed by atoms with Crippen molar-refractivity contribution in [2.45, 2.75) is 26.3 Å². The fraction of sp³-hybridized carbons (Fsp3) is 0.417. The van der Waals surface area contributed by atoms with Gasteiger partial charge in [0.25, 0.3) is 0 Å². The third-order valence-electron chi connectivity index (χ3n) is 6.36. The second-order valence-corrected chi connectivity index (χ2v) is 8.71.